The topological polar surface area (TPSA) is 84.2 Å². The van der Waals surface area contributed by atoms with Crippen molar-refractivity contribution in [3.8, 4) is 0 Å². The molecule has 0 radical (unpaired) electrons. The molecule has 2 aromatic heterocycles. The van der Waals surface area contributed by atoms with Gasteiger partial charge in [-0.2, -0.15) is 0 Å². The van der Waals surface area contributed by atoms with E-state index >= 15 is 0 Å². The van der Waals surface area contributed by atoms with Crippen molar-refractivity contribution in [3.63, 3.8) is 0 Å². The zero-order valence-electron chi connectivity index (χ0n) is 9.92. The summed E-state index contributed by atoms with van der Waals surface area (Å²) in [6.07, 6.45) is 3.09. The van der Waals surface area contributed by atoms with Crippen molar-refractivity contribution in [2.24, 2.45) is 7.05 Å². The van der Waals surface area contributed by atoms with Gasteiger partial charge in [0.1, 0.15) is 5.69 Å². The highest BCUT2D eigenvalue weighted by molar-refractivity contribution is 9.10. The number of rotatable bonds is 3. The number of aromatic carboxylic acids is 1. The predicted molar refractivity (Wildman–Crippen MR) is 72.3 cm³/mol. The van der Waals surface area contributed by atoms with Crippen LogP contribution < -0.4 is 5.32 Å². The molecular formula is C12H10BrN3O3. The summed E-state index contributed by atoms with van der Waals surface area (Å²) in [6, 6.07) is 4.70. The minimum atomic E-state index is -1.19. The molecule has 98 valence electrons. The maximum atomic E-state index is 12.0. The van der Waals surface area contributed by atoms with E-state index in [4.69, 9.17) is 5.11 Å². The number of halogens is 1. The number of carbonyl (C=O) groups is 2. The second kappa shape index (κ2) is 5.23. The van der Waals surface area contributed by atoms with Crippen LogP contribution in [0.2, 0.25) is 0 Å². The lowest BCUT2D eigenvalue weighted by atomic mass is 10.3. The van der Waals surface area contributed by atoms with Crippen molar-refractivity contribution in [1.82, 2.24) is 9.55 Å². The second-order valence-corrected chi connectivity index (χ2v) is 4.73. The fourth-order valence-electron chi connectivity index (χ4n) is 1.61. The van der Waals surface area contributed by atoms with Crippen LogP contribution in [0.25, 0.3) is 0 Å². The highest BCUT2D eigenvalue weighted by Crippen LogP contribution is 2.17. The van der Waals surface area contributed by atoms with E-state index in [9.17, 15) is 9.59 Å². The Morgan fingerprint density at radius 1 is 1.47 bits per heavy atom. The zero-order chi connectivity index (χ0) is 14.0. The first-order valence-corrected chi connectivity index (χ1v) is 6.10. The predicted octanol–water partition coefficient (Wildman–Crippen LogP) is 2.13. The number of amides is 1. The van der Waals surface area contributed by atoms with Gasteiger partial charge >= 0.3 is 5.97 Å². The maximum absolute atomic E-state index is 12.0. The van der Waals surface area contributed by atoms with Gasteiger partial charge in [0, 0.05) is 23.9 Å². The molecule has 1 amide bonds. The Balaban J connectivity index is 2.29. The SMILES string of the molecule is Cn1cc(Br)cc1C(=O)Nc1cccnc1C(=O)O. The van der Waals surface area contributed by atoms with Gasteiger partial charge in [0.25, 0.3) is 5.91 Å². The van der Waals surface area contributed by atoms with E-state index in [0.29, 0.717) is 5.69 Å². The lowest BCUT2D eigenvalue weighted by Crippen LogP contribution is -2.18. The lowest BCUT2D eigenvalue weighted by molar-refractivity contribution is 0.0692. The Hall–Kier alpha value is -2.15. The van der Waals surface area contributed by atoms with Crippen molar-refractivity contribution in [1.29, 1.82) is 0 Å². The third-order valence-corrected chi connectivity index (χ3v) is 2.90. The van der Waals surface area contributed by atoms with Crippen molar-refractivity contribution in [3.05, 3.63) is 46.5 Å². The number of carbonyl (C=O) groups excluding carboxylic acids is 1. The molecule has 0 atom stereocenters. The number of aromatic nitrogens is 2. The summed E-state index contributed by atoms with van der Waals surface area (Å²) >= 11 is 3.27. The van der Waals surface area contributed by atoms with E-state index < -0.39 is 11.9 Å². The average molecular weight is 324 g/mol. The third kappa shape index (κ3) is 2.82. The summed E-state index contributed by atoms with van der Waals surface area (Å²) in [5, 5.41) is 11.5. The minimum absolute atomic E-state index is 0.164. The van der Waals surface area contributed by atoms with Gasteiger partial charge in [-0.15, -0.1) is 0 Å². The Bertz CT molecular complexity index is 651. The Kier molecular flexibility index (Phi) is 3.66. The van der Waals surface area contributed by atoms with Gasteiger partial charge in [0.2, 0.25) is 0 Å². The largest absolute Gasteiger partial charge is 0.476 e. The molecule has 19 heavy (non-hydrogen) atoms. The van der Waals surface area contributed by atoms with Crippen molar-refractivity contribution < 1.29 is 14.7 Å². The molecule has 2 heterocycles. The van der Waals surface area contributed by atoms with Crippen LogP contribution in [0.5, 0.6) is 0 Å². The quantitative estimate of drug-likeness (QED) is 0.906. The van der Waals surface area contributed by atoms with Crippen LogP contribution in [0.3, 0.4) is 0 Å². The molecule has 0 unspecified atom stereocenters. The minimum Gasteiger partial charge on any atom is -0.476 e. The first-order chi connectivity index (χ1) is 8.99. The molecule has 0 bridgehead atoms. The van der Waals surface area contributed by atoms with E-state index in [2.05, 4.69) is 26.2 Å². The van der Waals surface area contributed by atoms with Gasteiger partial charge in [-0.25, -0.2) is 9.78 Å². The number of anilines is 1. The van der Waals surface area contributed by atoms with E-state index in [-0.39, 0.29) is 11.4 Å². The molecule has 0 aliphatic rings. The summed E-state index contributed by atoms with van der Waals surface area (Å²) in [4.78, 5) is 26.8. The highest BCUT2D eigenvalue weighted by Gasteiger charge is 2.16. The molecule has 0 aliphatic carbocycles. The number of nitrogens with zero attached hydrogens (tertiary/aromatic N) is 2. The van der Waals surface area contributed by atoms with Crippen molar-refractivity contribution in [2.75, 3.05) is 5.32 Å². The molecule has 2 N–H and O–H groups in total. The second-order valence-electron chi connectivity index (χ2n) is 3.81. The Morgan fingerprint density at radius 3 is 2.79 bits per heavy atom. The molecule has 0 saturated carbocycles. The fourth-order valence-corrected chi connectivity index (χ4v) is 2.14. The Morgan fingerprint density at radius 2 is 2.21 bits per heavy atom. The number of hydrogen-bond donors (Lipinski definition) is 2. The van der Waals surface area contributed by atoms with Crippen LogP contribution in [0.1, 0.15) is 21.0 Å². The average Bonchev–Trinajstić information content (AvgIpc) is 2.69. The van der Waals surface area contributed by atoms with E-state index in [1.165, 1.54) is 12.3 Å². The van der Waals surface area contributed by atoms with Crippen LogP contribution in [-0.2, 0) is 7.05 Å². The summed E-state index contributed by atoms with van der Waals surface area (Å²) in [5.74, 6) is -1.59. The molecule has 0 saturated heterocycles. The van der Waals surface area contributed by atoms with Crippen LogP contribution in [0, 0.1) is 0 Å². The van der Waals surface area contributed by atoms with E-state index in [0.717, 1.165) is 4.47 Å². The number of nitrogens with one attached hydrogen (secondary N) is 1. The Labute approximate surface area is 117 Å². The van der Waals surface area contributed by atoms with Crippen LogP contribution in [0.15, 0.2) is 35.1 Å². The lowest BCUT2D eigenvalue weighted by Gasteiger charge is -2.07. The van der Waals surface area contributed by atoms with Gasteiger partial charge in [0.05, 0.1) is 5.69 Å². The van der Waals surface area contributed by atoms with Gasteiger partial charge in [-0.3, -0.25) is 4.79 Å². The zero-order valence-corrected chi connectivity index (χ0v) is 11.5. The van der Waals surface area contributed by atoms with Crippen LogP contribution in [-0.4, -0.2) is 26.5 Å². The summed E-state index contributed by atoms with van der Waals surface area (Å²) < 4.78 is 2.40. The number of carboxylic acids is 1. The van der Waals surface area contributed by atoms with Crippen LogP contribution >= 0.6 is 15.9 Å². The summed E-state index contributed by atoms with van der Waals surface area (Å²) in [6.45, 7) is 0. The first-order valence-electron chi connectivity index (χ1n) is 5.30. The molecular weight excluding hydrogens is 314 g/mol. The standard InChI is InChI=1S/C12H10BrN3O3/c1-16-6-7(13)5-9(16)11(17)15-8-3-2-4-14-10(8)12(18)19/h2-6H,1H3,(H,15,17)(H,18,19). The number of carboxylic acid groups (broad SMARTS) is 1. The first kappa shape index (κ1) is 13.3. The molecule has 0 aliphatic heterocycles. The number of hydrogen-bond acceptors (Lipinski definition) is 3. The molecule has 2 rings (SSSR count). The van der Waals surface area contributed by atoms with Gasteiger partial charge in [-0.05, 0) is 34.1 Å². The molecule has 0 spiro atoms. The number of pyridine rings is 1. The molecule has 6 nitrogen and oxygen atoms in total. The smallest absolute Gasteiger partial charge is 0.356 e. The van der Waals surface area contributed by atoms with Gasteiger partial charge < -0.3 is 15.0 Å². The van der Waals surface area contributed by atoms with E-state index in [1.807, 2.05) is 0 Å². The normalized spacial score (nSPS) is 10.2. The molecule has 7 heteroatoms. The molecule has 0 aromatic carbocycles. The van der Waals surface area contributed by atoms with E-state index in [1.54, 1.807) is 29.9 Å². The maximum Gasteiger partial charge on any atom is 0.356 e. The monoisotopic (exact) mass is 323 g/mol. The third-order valence-electron chi connectivity index (χ3n) is 2.46. The van der Waals surface area contributed by atoms with Crippen molar-refractivity contribution in [2.45, 2.75) is 0 Å². The fraction of sp³-hybridized carbons (Fsp3) is 0.0833. The summed E-state index contributed by atoms with van der Waals surface area (Å²) in [5.41, 5.74) is 0.383. The van der Waals surface area contributed by atoms with Gasteiger partial charge in [0.15, 0.2) is 5.69 Å². The van der Waals surface area contributed by atoms with Crippen molar-refractivity contribution >= 4 is 33.5 Å². The molecule has 2 aromatic rings. The number of aryl methyl sites for hydroxylation is 1. The highest BCUT2D eigenvalue weighted by atomic mass is 79.9. The molecule has 0 fully saturated rings. The van der Waals surface area contributed by atoms with Gasteiger partial charge in [-0.1, -0.05) is 0 Å². The van der Waals surface area contributed by atoms with Crippen LogP contribution in [0.4, 0.5) is 5.69 Å². The summed E-state index contributed by atoms with van der Waals surface area (Å²) in [7, 11) is 1.72.